The van der Waals surface area contributed by atoms with Crippen molar-refractivity contribution in [2.24, 2.45) is 0 Å². The van der Waals surface area contributed by atoms with Crippen molar-refractivity contribution in [3.8, 4) is 0 Å². The van der Waals surface area contributed by atoms with Gasteiger partial charge in [-0.1, -0.05) is 0 Å². The molecule has 2 heterocycles. The zero-order chi connectivity index (χ0) is 13.1. The molecule has 3 nitrogen and oxygen atoms in total. The highest BCUT2D eigenvalue weighted by atomic mass is 32.1. The minimum absolute atomic E-state index is 1.03. The third-order valence-electron chi connectivity index (χ3n) is 3.81. The predicted molar refractivity (Wildman–Crippen MR) is 84.3 cm³/mol. The van der Waals surface area contributed by atoms with E-state index in [1.807, 2.05) is 0 Å². The van der Waals surface area contributed by atoms with E-state index < -0.39 is 0 Å². The Bertz CT molecular complexity index is 529. The fourth-order valence-electron chi connectivity index (χ4n) is 2.51. The van der Waals surface area contributed by atoms with E-state index in [9.17, 15) is 0 Å². The summed E-state index contributed by atoms with van der Waals surface area (Å²) in [6.45, 7) is 6.94. The topological polar surface area (TPSA) is 18.5 Å². The number of nitrogens with zero attached hydrogens (tertiary/aromatic N) is 2. The lowest BCUT2D eigenvalue weighted by Gasteiger charge is -2.32. The first-order chi connectivity index (χ1) is 9.31. The van der Waals surface area contributed by atoms with Gasteiger partial charge in [0.15, 0.2) is 0 Å². The first-order valence-corrected chi connectivity index (χ1v) is 7.81. The number of rotatable bonds is 4. The van der Waals surface area contributed by atoms with Crippen molar-refractivity contribution in [2.75, 3.05) is 51.6 Å². The van der Waals surface area contributed by atoms with Crippen molar-refractivity contribution in [1.82, 2.24) is 9.80 Å². The van der Waals surface area contributed by atoms with Gasteiger partial charge in [-0.2, -0.15) is 0 Å². The smallest absolute Gasteiger partial charge is 0.0347 e. The lowest BCUT2D eigenvalue weighted by Crippen LogP contribution is -2.45. The molecule has 0 bridgehead atoms. The predicted octanol–water partition coefficient (Wildman–Crippen LogP) is 2.56. The van der Waals surface area contributed by atoms with Crippen LogP contribution in [0.15, 0.2) is 29.6 Å². The molecule has 1 saturated heterocycles. The minimum Gasteiger partial charge on any atom is -0.384 e. The molecule has 1 aliphatic rings. The molecular formula is C15H21N3S. The van der Waals surface area contributed by atoms with Crippen molar-refractivity contribution >= 4 is 27.1 Å². The summed E-state index contributed by atoms with van der Waals surface area (Å²) in [7, 11) is 2.20. The molecule has 0 atom stereocenters. The zero-order valence-electron chi connectivity index (χ0n) is 11.4. The number of anilines is 1. The number of fused-ring (bicyclic) bond motifs is 1. The van der Waals surface area contributed by atoms with Crippen LogP contribution in [0.25, 0.3) is 10.1 Å². The van der Waals surface area contributed by atoms with Crippen LogP contribution in [0.2, 0.25) is 0 Å². The molecule has 1 aromatic carbocycles. The molecule has 4 heteroatoms. The van der Waals surface area contributed by atoms with Crippen LogP contribution in [-0.4, -0.2) is 56.1 Å². The fraction of sp³-hybridized carbons (Fsp3) is 0.467. The van der Waals surface area contributed by atoms with Crippen LogP contribution in [0, 0.1) is 0 Å². The lowest BCUT2D eigenvalue weighted by molar-refractivity contribution is 0.158. The zero-order valence-corrected chi connectivity index (χ0v) is 12.2. The third-order valence-corrected chi connectivity index (χ3v) is 4.70. The van der Waals surface area contributed by atoms with Crippen LogP contribution < -0.4 is 5.32 Å². The first-order valence-electron chi connectivity index (χ1n) is 6.93. The second-order valence-corrected chi connectivity index (χ2v) is 6.19. The molecule has 1 aliphatic heterocycles. The monoisotopic (exact) mass is 275 g/mol. The molecule has 102 valence electrons. The number of benzene rings is 1. The Balaban J connectivity index is 1.49. The number of piperazine rings is 1. The highest BCUT2D eigenvalue weighted by Crippen LogP contribution is 2.23. The number of hydrogen-bond acceptors (Lipinski definition) is 4. The average molecular weight is 275 g/mol. The van der Waals surface area contributed by atoms with Crippen LogP contribution in [0.3, 0.4) is 0 Å². The number of nitrogens with one attached hydrogen (secondary N) is 1. The van der Waals surface area contributed by atoms with Gasteiger partial charge < -0.3 is 10.2 Å². The van der Waals surface area contributed by atoms with Crippen LogP contribution in [0.1, 0.15) is 0 Å². The molecule has 3 rings (SSSR count). The second kappa shape index (κ2) is 5.90. The van der Waals surface area contributed by atoms with Gasteiger partial charge in [0.25, 0.3) is 0 Å². The molecule has 19 heavy (non-hydrogen) atoms. The van der Waals surface area contributed by atoms with E-state index in [0.717, 1.165) is 13.1 Å². The van der Waals surface area contributed by atoms with Crippen LogP contribution in [0.5, 0.6) is 0 Å². The van der Waals surface area contributed by atoms with Gasteiger partial charge in [0.2, 0.25) is 0 Å². The van der Waals surface area contributed by atoms with Gasteiger partial charge in [-0.15, -0.1) is 11.3 Å². The van der Waals surface area contributed by atoms with E-state index in [1.165, 1.54) is 42.0 Å². The Labute approximate surface area is 118 Å². The Morgan fingerprint density at radius 3 is 2.84 bits per heavy atom. The van der Waals surface area contributed by atoms with E-state index >= 15 is 0 Å². The number of thiophene rings is 1. The summed E-state index contributed by atoms with van der Waals surface area (Å²) in [5.74, 6) is 0. The van der Waals surface area contributed by atoms with Crippen molar-refractivity contribution < 1.29 is 0 Å². The lowest BCUT2D eigenvalue weighted by atomic mass is 10.2. The maximum absolute atomic E-state index is 3.53. The van der Waals surface area contributed by atoms with Crippen molar-refractivity contribution in [3.05, 3.63) is 29.6 Å². The SMILES string of the molecule is CN1CCN(CCNc2ccc3sccc3c2)CC1. The Morgan fingerprint density at radius 1 is 1.16 bits per heavy atom. The second-order valence-electron chi connectivity index (χ2n) is 5.24. The molecule has 0 unspecified atom stereocenters. The van der Waals surface area contributed by atoms with Gasteiger partial charge in [0.05, 0.1) is 0 Å². The standard InChI is InChI=1S/C15H21N3S/c1-17-7-9-18(10-8-17)6-5-16-14-2-3-15-13(12-14)4-11-19-15/h2-4,11-12,16H,5-10H2,1H3. The largest absolute Gasteiger partial charge is 0.384 e. The minimum atomic E-state index is 1.03. The molecular weight excluding hydrogens is 254 g/mol. The molecule has 0 spiro atoms. The van der Waals surface area contributed by atoms with Gasteiger partial charge in [-0.05, 0) is 42.1 Å². The maximum Gasteiger partial charge on any atom is 0.0347 e. The molecule has 1 aromatic heterocycles. The summed E-state index contributed by atoms with van der Waals surface area (Å²) in [5, 5.41) is 7.03. The number of hydrogen-bond donors (Lipinski definition) is 1. The normalized spacial score (nSPS) is 17.9. The fourth-order valence-corrected chi connectivity index (χ4v) is 3.28. The maximum atomic E-state index is 3.53. The van der Waals surface area contributed by atoms with Crippen molar-refractivity contribution in [2.45, 2.75) is 0 Å². The summed E-state index contributed by atoms with van der Waals surface area (Å²) >= 11 is 1.80. The molecule has 0 radical (unpaired) electrons. The van der Waals surface area contributed by atoms with E-state index in [4.69, 9.17) is 0 Å². The Morgan fingerprint density at radius 2 is 2.00 bits per heavy atom. The molecule has 0 saturated carbocycles. The highest BCUT2D eigenvalue weighted by molar-refractivity contribution is 7.17. The average Bonchev–Trinajstić information content (AvgIpc) is 2.88. The van der Waals surface area contributed by atoms with Crippen LogP contribution >= 0.6 is 11.3 Å². The van der Waals surface area contributed by atoms with Crippen molar-refractivity contribution in [3.63, 3.8) is 0 Å². The van der Waals surface area contributed by atoms with Crippen LogP contribution in [-0.2, 0) is 0 Å². The summed E-state index contributed by atoms with van der Waals surface area (Å²) < 4.78 is 1.37. The van der Waals surface area contributed by atoms with E-state index in [2.05, 4.69) is 51.8 Å². The van der Waals surface area contributed by atoms with E-state index in [-0.39, 0.29) is 0 Å². The van der Waals surface area contributed by atoms with E-state index in [1.54, 1.807) is 11.3 Å². The number of likely N-dealkylation sites (N-methyl/N-ethyl adjacent to an activating group) is 1. The summed E-state index contributed by atoms with van der Waals surface area (Å²) in [6.07, 6.45) is 0. The molecule has 1 N–H and O–H groups in total. The molecule has 1 fully saturated rings. The first kappa shape index (κ1) is 12.9. The quantitative estimate of drug-likeness (QED) is 0.925. The van der Waals surface area contributed by atoms with Gasteiger partial charge in [-0.25, -0.2) is 0 Å². The summed E-state index contributed by atoms with van der Waals surface area (Å²) in [6, 6.07) is 8.82. The summed E-state index contributed by atoms with van der Waals surface area (Å²) in [5.41, 5.74) is 1.24. The van der Waals surface area contributed by atoms with E-state index in [0.29, 0.717) is 0 Å². The van der Waals surface area contributed by atoms with Gasteiger partial charge in [0.1, 0.15) is 0 Å². The van der Waals surface area contributed by atoms with Crippen molar-refractivity contribution in [1.29, 1.82) is 0 Å². The third kappa shape index (κ3) is 3.26. The molecule has 0 amide bonds. The Kier molecular flexibility index (Phi) is 4.01. The molecule has 0 aliphatic carbocycles. The molecule has 2 aromatic rings. The van der Waals surface area contributed by atoms with Crippen LogP contribution in [0.4, 0.5) is 5.69 Å². The summed E-state index contributed by atoms with van der Waals surface area (Å²) in [4.78, 5) is 4.94. The van der Waals surface area contributed by atoms with Gasteiger partial charge in [0, 0.05) is 49.7 Å². The highest BCUT2D eigenvalue weighted by Gasteiger charge is 2.12. The van der Waals surface area contributed by atoms with Gasteiger partial charge in [-0.3, -0.25) is 4.90 Å². The Hall–Kier alpha value is -1.10. The van der Waals surface area contributed by atoms with Gasteiger partial charge >= 0.3 is 0 Å².